The van der Waals surface area contributed by atoms with E-state index >= 15 is 0 Å². The summed E-state index contributed by atoms with van der Waals surface area (Å²) in [5.74, 6) is 0.604. The lowest BCUT2D eigenvalue weighted by molar-refractivity contribution is -0.139. The van der Waals surface area contributed by atoms with Crippen molar-refractivity contribution in [2.24, 2.45) is 4.99 Å². The van der Waals surface area contributed by atoms with Crippen LogP contribution in [0, 0.1) is 0 Å². The van der Waals surface area contributed by atoms with Gasteiger partial charge in [0.05, 0.1) is 42.2 Å². The Labute approximate surface area is 201 Å². The Morgan fingerprint density at radius 2 is 1.88 bits per heavy atom. The van der Waals surface area contributed by atoms with Gasteiger partial charge in [-0.1, -0.05) is 47.7 Å². The molecule has 2 aromatic carbocycles. The quantitative estimate of drug-likeness (QED) is 0.488. The number of hydrogen-bond acceptors (Lipinski definition) is 7. The van der Waals surface area contributed by atoms with E-state index < -0.39 is 12.0 Å². The summed E-state index contributed by atoms with van der Waals surface area (Å²) in [5.41, 5.74) is 2.24. The number of carbonyl (C=O) groups is 1. The van der Waals surface area contributed by atoms with Gasteiger partial charge in [0.15, 0.2) is 16.3 Å². The fraction of sp³-hybridized carbons (Fsp3) is 0.269. The number of thiazole rings is 1. The number of methoxy groups -OCH3 is 1. The molecule has 0 amide bonds. The molecule has 0 spiro atoms. The molecule has 1 atom stereocenters. The second-order valence-electron chi connectivity index (χ2n) is 7.56. The van der Waals surface area contributed by atoms with Crippen molar-refractivity contribution in [2.45, 2.75) is 26.8 Å². The number of fused-ring (bicyclic) bond motifs is 1. The van der Waals surface area contributed by atoms with Gasteiger partial charge in [0.25, 0.3) is 5.56 Å². The van der Waals surface area contributed by atoms with Crippen LogP contribution in [0.3, 0.4) is 0 Å². The molecule has 0 N–H and O–H groups in total. The predicted molar refractivity (Wildman–Crippen MR) is 131 cm³/mol. The van der Waals surface area contributed by atoms with Crippen LogP contribution < -0.4 is 24.4 Å². The van der Waals surface area contributed by atoms with E-state index in [4.69, 9.17) is 14.2 Å². The van der Waals surface area contributed by atoms with Crippen molar-refractivity contribution in [3.8, 4) is 11.5 Å². The first-order valence-electron chi connectivity index (χ1n) is 11.0. The summed E-state index contributed by atoms with van der Waals surface area (Å²) >= 11 is 1.29. The Bertz CT molecular complexity index is 1420. The monoisotopic (exact) mass is 478 g/mol. The Balaban J connectivity index is 1.97. The first-order chi connectivity index (χ1) is 16.5. The average Bonchev–Trinajstić information content (AvgIpc) is 3.13. The zero-order chi connectivity index (χ0) is 24.2. The van der Waals surface area contributed by atoms with E-state index in [1.165, 1.54) is 11.3 Å². The van der Waals surface area contributed by atoms with Crippen LogP contribution in [-0.2, 0) is 9.53 Å². The SMILES string of the molecule is CCOC(=O)C1=C(C)N=c2sc(=Cc3ccccc3)c(=O)n2[C@H]1c1ccc(OC)c(OCC)c1. The van der Waals surface area contributed by atoms with Gasteiger partial charge in [-0.05, 0) is 50.1 Å². The van der Waals surface area contributed by atoms with Crippen LogP contribution in [0.4, 0.5) is 0 Å². The van der Waals surface area contributed by atoms with Crippen molar-refractivity contribution in [1.82, 2.24) is 4.57 Å². The Hall–Kier alpha value is -3.65. The van der Waals surface area contributed by atoms with Gasteiger partial charge in [-0.3, -0.25) is 9.36 Å². The van der Waals surface area contributed by atoms with Gasteiger partial charge in [0.1, 0.15) is 0 Å². The summed E-state index contributed by atoms with van der Waals surface area (Å²) in [4.78, 5) is 31.8. The molecule has 4 rings (SSSR count). The van der Waals surface area contributed by atoms with E-state index in [2.05, 4.69) is 4.99 Å². The van der Waals surface area contributed by atoms with Crippen molar-refractivity contribution in [3.05, 3.63) is 90.6 Å². The maximum Gasteiger partial charge on any atom is 0.338 e. The summed E-state index contributed by atoms with van der Waals surface area (Å²) < 4.78 is 18.6. The van der Waals surface area contributed by atoms with Crippen LogP contribution in [-0.4, -0.2) is 30.9 Å². The predicted octanol–water partition coefficient (Wildman–Crippen LogP) is 3.21. The van der Waals surface area contributed by atoms with Crippen molar-refractivity contribution < 1.29 is 19.0 Å². The minimum Gasteiger partial charge on any atom is -0.493 e. The highest BCUT2D eigenvalue weighted by atomic mass is 32.1. The molecular weight excluding hydrogens is 452 g/mol. The molecule has 1 aliphatic rings. The smallest absolute Gasteiger partial charge is 0.338 e. The van der Waals surface area contributed by atoms with Crippen LogP contribution in [0.2, 0.25) is 0 Å². The van der Waals surface area contributed by atoms with Crippen molar-refractivity contribution >= 4 is 23.4 Å². The van der Waals surface area contributed by atoms with E-state index in [0.29, 0.717) is 44.3 Å². The van der Waals surface area contributed by atoms with Gasteiger partial charge in [-0.15, -0.1) is 0 Å². The number of hydrogen-bond donors (Lipinski definition) is 0. The highest BCUT2D eigenvalue weighted by Gasteiger charge is 2.33. The molecule has 176 valence electrons. The minimum absolute atomic E-state index is 0.216. The fourth-order valence-corrected chi connectivity index (χ4v) is 4.99. The second-order valence-corrected chi connectivity index (χ2v) is 8.57. The lowest BCUT2D eigenvalue weighted by atomic mass is 9.95. The molecule has 0 saturated carbocycles. The first-order valence-corrected chi connectivity index (χ1v) is 11.9. The first kappa shape index (κ1) is 23.5. The lowest BCUT2D eigenvalue weighted by Crippen LogP contribution is -2.40. The number of benzene rings is 2. The normalized spacial score (nSPS) is 15.5. The van der Waals surface area contributed by atoms with Crippen LogP contribution in [0.5, 0.6) is 11.5 Å². The van der Waals surface area contributed by atoms with Crippen LogP contribution >= 0.6 is 11.3 Å². The molecule has 0 bridgehead atoms. The molecular formula is C26H26N2O5S. The number of carbonyl (C=O) groups excluding carboxylic acids is 1. The molecule has 34 heavy (non-hydrogen) atoms. The Morgan fingerprint density at radius 1 is 1.12 bits per heavy atom. The maximum atomic E-state index is 13.6. The second kappa shape index (κ2) is 10.1. The number of esters is 1. The van der Waals surface area contributed by atoms with E-state index in [1.54, 1.807) is 37.7 Å². The van der Waals surface area contributed by atoms with Gasteiger partial charge >= 0.3 is 5.97 Å². The largest absolute Gasteiger partial charge is 0.493 e. The number of ether oxygens (including phenoxy) is 3. The third kappa shape index (κ3) is 4.41. The molecule has 1 aromatic heterocycles. The van der Waals surface area contributed by atoms with Crippen LogP contribution in [0.25, 0.3) is 6.08 Å². The summed E-state index contributed by atoms with van der Waals surface area (Å²) in [6, 6.07) is 14.3. The highest BCUT2D eigenvalue weighted by Crippen LogP contribution is 2.36. The van der Waals surface area contributed by atoms with Crippen LogP contribution in [0.1, 0.15) is 37.9 Å². The molecule has 0 radical (unpaired) electrons. The van der Waals surface area contributed by atoms with Gasteiger partial charge in [0.2, 0.25) is 0 Å². The summed E-state index contributed by atoms with van der Waals surface area (Å²) in [6.07, 6.45) is 1.84. The Morgan fingerprint density at radius 3 is 2.56 bits per heavy atom. The fourth-order valence-electron chi connectivity index (χ4n) is 3.94. The van der Waals surface area contributed by atoms with Gasteiger partial charge in [-0.2, -0.15) is 0 Å². The number of nitrogens with zero attached hydrogens (tertiary/aromatic N) is 2. The molecule has 0 fully saturated rings. The van der Waals surface area contributed by atoms with Gasteiger partial charge in [-0.25, -0.2) is 9.79 Å². The summed E-state index contributed by atoms with van der Waals surface area (Å²) in [6.45, 7) is 6.05. The van der Waals surface area contributed by atoms with E-state index in [0.717, 1.165) is 5.56 Å². The molecule has 0 aliphatic carbocycles. The Kier molecular flexibility index (Phi) is 6.98. The van der Waals surface area contributed by atoms with Crippen molar-refractivity contribution in [2.75, 3.05) is 20.3 Å². The molecule has 7 nitrogen and oxygen atoms in total. The van der Waals surface area contributed by atoms with E-state index in [-0.39, 0.29) is 12.2 Å². The van der Waals surface area contributed by atoms with Gasteiger partial charge < -0.3 is 14.2 Å². The zero-order valence-electron chi connectivity index (χ0n) is 19.5. The topological polar surface area (TPSA) is 79.1 Å². The van der Waals surface area contributed by atoms with E-state index in [9.17, 15) is 9.59 Å². The number of rotatable bonds is 7. The molecule has 0 saturated heterocycles. The van der Waals surface area contributed by atoms with E-state index in [1.807, 2.05) is 49.4 Å². The van der Waals surface area contributed by atoms with Gasteiger partial charge in [0, 0.05) is 0 Å². The molecule has 1 aliphatic heterocycles. The highest BCUT2D eigenvalue weighted by molar-refractivity contribution is 7.07. The minimum atomic E-state index is -0.710. The average molecular weight is 479 g/mol. The van der Waals surface area contributed by atoms with Crippen molar-refractivity contribution in [3.63, 3.8) is 0 Å². The van der Waals surface area contributed by atoms with Crippen molar-refractivity contribution in [1.29, 1.82) is 0 Å². The maximum absolute atomic E-state index is 13.6. The standard InChI is InChI=1S/C26H26N2O5S/c1-5-32-20-15-18(12-13-19(20)31-4)23-22(25(30)33-6-2)16(3)27-26-28(23)24(29)21(34-26)14-17-10-8-7-9-11-17/h7-15,23H,5-6H2,1-4H3/t23-/m0/s1. The molecule has 8 heteroatoms. The molecule has 2 heterocycles. The third-order valence-corrected chi connectivity index (χ3v) is 6.40. The summed E-state index contributed by atoms with van der Waals surface area (Å²) in [7, 11) is 1.57. The number of aromatic nitrogens is 1. The van der Waals surface area contributed by atoms with Crippen LogP contribution in [0.15, 0.2) is 69.6 Å². The zero-order valence-corrected chi connectivity index (χ0v) is 20.3. The third-order valence-electron chi connectivity index (χ3n) is 5.42. The molecule has 0 unspecified atom stereocenters. The molecule has 3 aromatic rings. The number of allylic oxidation sites excluding steroid dienone is 1. The lowest BCUT2D eigenvalue weighted by Gasteiger charge is -2.25. The summed E-state index contributed by atoms with van der Waals surface area (Å²) in [5, 5.41) is 0.